The lowest BCUT2D eigenvalue weighted by Gasteiger charge is -2.29. The summed E-state index contributed by atoms with van der Waals surface area (Å²) in [6, 6.07) is -0.411. The van der Waals surface area contributed by atoms with E-state index in [-0.39, 0.29) is 19.2 Å². The van der Waals surface area contributed by atoms with Gasteiger partial charge < -0.3 is 20.4 Å². The van der Waals surface area contributed by atoms with Crippen LogP contribution in [0, 0.1) is 0 Å². The number of nitrogens with zero attached hydrogens (tertiary/aromatic N) is 1. The third kappa shape index (κ3) is 4.97. The van der Waals surface area contributed by atoms with Gasteiger partial charge in [-0.1, -0.05) is 13.8 Å². The molecule has 0 aliphatic heterocycles. The molecule has 0 saturated carbocycles. The van der Waals surface area contributed by atoms with Gasteiger partial charge in [0.05, 0.1) is 6.61 Å². The summed E-state index contributed by atoms with van der Waals surface area (Å²) in [5.74, 6) is -1.08. The Kier molecular flexibility index (Phi) is 7.28. The maximum Gasteiger partial charge on any atom is 0.323 e. The maximum absolute atomic E-state index is 11.6. The minimum atomic E-state index is -1.08. The Morgan fingerprint density at radius 1 is 1.31 bits per heavy atom. The Morgan fingerprint density at radius 2 is 1.88 bits per heavy atom. The van der Waals surface area contributed by atoms with E-state index in [1.54, 1.807) is 0 Å². The number of urea groups is 1. The van der Waals surface area contributed by atoms with E-state index in [9.17, 15) is 9.59 Å². The third-order valence-corrected chi connectivity index (χ3v) is 2.38. The molecule has 0 aliphatic carbocycles. The Hall–Kier alpha value is -1.30. The van der Waals surface area contributed by atoms with Crippen LogP contribution < -0.4 is 5.32 Å². The molecule has 0 aromatic heterocycles. The smallest absolute Gasteiger partial charge is 0.323 e. The zero-order chi connectivity index (χ0) is 12.6. The number of hydrogen-bond donors (Lipinski definition) is 3. The van der Waals surface area contributed by atoms with Gasteiger partial charge in [-0.15, -0.1) is 0 Å². The van der Waals surface area contributed by atoms with Gasteiger partial charge in [-0.05, 0) is 12.8 Å². The molecule has 0 heterocycles. The number of nitrogens with one attached hydrogen (secondary N) is 1. The van der Waals surface area contributed by atoms with Crippen LogP contribution >= 0.6 is 0 Å². The highest BCUT2D eigenvalue weighted by atomic mass is 16.4. The van der Waals surface area contributed by atoms with Crippen LogP contribution in [0.25, 0.3) is 0 Å². The fourth-order valence-corrected chi connectivity index (χ4v) is 1.54. The van der Waals surface area contributed by atoms with Gasteiger partial charge in [-0.2, -0.15) is 0 Å². The molecule has 94 valence electrons. The first kappa shape index (κ1) is 14.7. The predicted molar refractivity (Wildman–Crippen MR) is 59.2 cm³/mol. The van der Waals surface area contributed by atoms with Crippen LogP contribution in [0.2, 0.25) is 0 Å². The largest absolute Gasteiger partial charge is 0.480 e. The number of carbonyl (C=O) groups is 2. The van der Waals surface area contributed by atoms with Crippen molar-refractivity contribution in [1.29, 1.82) is 0 Å². The number of hydrogen-bond acceptors (Lipinski definition) is 3. The first-order valence-electron chi connectivity index (χ1n) is 5.43. The van der Waals surface area contributed by atoms with Crippen molar-refractivity contribution in [1.82, 2.24) is 10.2 Å². The number of carbonyl (C=O) groups excluding carboxylic acids is 1. The average Bonchev–Trinajstić information content (AvgIpc) is 2.26. The summed E-state index contributed by atoms with van der Waals surface area (Å²) in [7, 11) is 0. The van der Waals surface area contributed by atoms with E-state index in [0.29, 0.717) is 0 Å². The van der Waals surface area contributed by atoms with Gasteiger partial charge in [0.1, 0.15) is 6.54 Å². The Bertz CT molecular complexity index is 229. The van der Waals surface area contributed by atoms with E-state index in [2.05, 4.69) is 5.32 Å². The first-order chi connectivity index (χ1) is 7.56. The topological polar surface area (TPSA) is 89.9 Å². The van der Waals surface area contributed by atoms with E-state index in [0.717, 1.165) is 12.8 Å². The molecule has 0 rings (SSSR count). The van der Waals surface area contributed by atoms with Crippen molar-refractivity contribution < 1.29 is 19.8 Å². The van der Waals surface area contributed by atoms with Crippen LogP contribution in [-0.2, 0) is 4.79 Å². The molecule has 0 fully saturated rings. The van der Waals surface area contributed by atoms with Gasteiger partial charge in [0.15, 0.2) is 0 Å². The van der Waals surface area contributed by atoms with E-state index in [1.807, 2.05) is 13.8 Å². The standard InChI is InChI=1S/C10H20N2O4/c1-3-8(4-2)12(5-6-13)10(16)11-7-9(14)15/h8,13H,3-7H2,1-2H3,(H,11,16)(H,14,15). The van der Waals surface area contributed by atoms with E-state index < -0.39 is 18.5 Å². The second-order valence-corrected chi connectivity index (χ2v) is 3.44. The highest BCUT2D eigenvalue weighted by Gasteiger charge is 2.20. The molecule has 0 aromatic carbocycles. The lowest BCUT2D eigenvalue weighted by Crippen LogP contribution is -2.48. The molecule has 6 nitrogen and oxygen atoms in total. The van der Waals surface area contributed by atoms with Gasteiger partial charge >= 0.3 is 12.0 Å². The summed E-state index contributed by atoms with van der Waals surface area (Å²) in [5.41, 5.74) is 0. The second kappa shape index (κ2) is 7.92. The van der Waals surface area contributed by atoms with Crippen LogP contribution in [0.4, 0.5) is 4.79 Å². The summed E-state index contributed by atoms with van der Waals surface area (Å²) in [4.78, 5) is 23.4. The van der Waals surface area contributed by atoms with Gasteiger partial charge in [-0.25, -0.2) is 4.79 Å². The second-order valence-electron chi connectivity index (χ2n) is 3.44. The maximum atomic E-state index is 11.6. The fourth-order valence-electron chi connectivity index (χ4n) is 1.54. The number of rotatable bonds is 7. The highest BCUT2D eigenvalue weighted by Crippen LogP contribution is 2.08. The first-order valence-corrected chi connectivity index (χ1v) is 5.43. The van der Waals surface area contributed by atoms with Gasteiger partial charge in [-0.3, -0.25) is 4.79 Å². The van der Waals surface area contributed by atoms with Crippen molar-refractivity contribution in [3.05, 3.63) is 0 Å². The number of aliphatic carboxylic acids is 1. The van der Waals surface area contributed by atoms with Crippen molar-refractivity contribution in [3.8, 4) is 0 Å². The molecule has 0 spiro atoms. The summed E-state index contributed by atoms with van der Waals surface area (Å²) < 4.78 is 0. The zero-order valence-electron chi connectivity index (χ0n) is 9.77. The van der Waals surface area contributed by atoms with Crippen LogP contribution in [0.15, 0.2) is 0 Å². The Morgan fingerprint density at radius 3 is 2.25 bits per heavy atom. The minimum Gasteiger partial charge on any atom is -0.480 e. The molecule has 16 heavy (non-hydrogen) atoms. The summed E-state index contributed by atoms with van der Waals surface area (Å²) in [6.45, 7) is 3.59. The molecule has 0 aliphatic rings. The summed E-state index contributed by atoms with van der Waals surface area (Å²) >= 11 is 0. The Labute approximate surface area is 95.2 Å². The van der Waals surface area contributed by atoms with Crippen molar-refractivity contribution in [2.24, 2.45) is 0 Å². The van der Waals surface area contributed by atoms with Gasteiger partial charge in [0.2, 0.25) is 0 Å². The lowest BCUT2D eigenvalue weighted by atomic mass is 10.1. The van der Waals surface area contributed by atoms with Crippen LogP contribution in [0.5, 0.6) is 0 Å². The van der Waals surface area contributed by atoms with Crippen LogP contribution in [0.1, 0.15) is 26.7 Å². The minimum absolute atomic E-state index is 0.0287. The molecular weight excluding hydrogens is 212 g/mol. The van der Waals surface area contributed by atoms with E-state index >= 15 is 0 Å². The molecule has 0 saturated heterocycles. The normalized spacial score (nSPS) is 10.2. The van der Waals surface area contributed by atoms with Crippen molar-refractivity contribution >= 4 is 12.0 Å². The molecule has 0 bridgehead atoms. The summed E-state index contributed by atoms with van der Waals surface area (Å²) in [6.07, 6.45) is 1.55. The highest BCUT2D eigenvalue weighted by molar-refractivity contribution is 5.80. The SMILES string of the molecule is CCC(CC)N(CCO)C(=O)NCC(=O)O. The van der Waals surface area contributed by atoms with E-state index in [1.165, 1.54) is 4.90 Å². The van der Waals surface area contributed by atoms with Gasteiger partial charge in [0.25, 0.3) is 0 Å². The number of amides is 2. The number of carboxylic acid groups (broad SMARTS) is 1. The molecule has 0 radical (unpaired) electrons. The van der Waals surface area contributed by atoms with Crippen LogP contribution in [-0.4, -0.2) is 52.9 Å². The molecule has 0 atom stereocenters. The molecule has 3 N–H and O–H groups in total. The third-order valence-electron chi connectivity index (χ3n) is 2.38. The molecular formula is C10H20N2O4. The molecule has 6 heteroatoms. The Balaban J connectivity index is 4.38. The summed E-state index contributed by atoms with van der Waals surface area (Å²) in [5, 5.41) is 19.6. The monoisotopic (exact) mass is 232 g/mol. The number of aliphatic hydroxyl groups excluding tert-OH is 1. The van der Waals surface area contributed by atoms with Crippen LogP contribution in [0.3, 0.4) is 0 Å². The zero-order valence-corrected chi connectivity index (χ0v) is 9.77. The quantitative estimate of drug-likeness (QED) is 0.587. The number of aliphatic hydroxyl groups is 1. The molecule has 0 aromatic rings. The molecule has 0 unspecified atom stereocenters. The fraction of sp³-hybridized carbons (Fsp3) is 0.800. The lowest BCUT2D eigenvalue weighted by molar-refractivity contribution is -0.135. The van der Waals surface area contributed by atoms with Crippen molar-refractivity contribution in [2.45, 2.75) is 32.7 Å². The number of carboxylic acids is 1. The average molecular weight is 232 g/mol. The van der Waals surface area contributed by atoms with Crippen molar-refractivity contribution in [3.63, 3.8) is 0 Å². The van der Waals surface area contributed by atoms with Gasteiger partial charge in [0, 0.05) is 12.6 Å². The van der Waals surface area contributed by atoms with E-state index in [4.69, 9.17) is 10.2 Å². The predicted octanol–water partition coefficient (Wildman–Crippen LogP) is 0.263. The molecule has 2 amide bonds. The van der Waals surface area contributed by atoms with Crippen molar-refractivity contribution in [2.75, 3.05) is 19.7 Å².